The van der Waals surface area contributed by atoms with E-state index in [0.717, 1.165) is 18.8 Å². The van der Waals surface area contributed by atoms with E-state index in [2.05, 4.69) is 11.9 Å². The maximum Gasteiger partial charge on any atom is 0.396 e. The summed E-state index contributed by atoms with van der Waals surface area (Å²) in [7, 11) is -3.27. The number of fused-ring (bicyclic) bond motifs is 1. The summed E-state index contributed by atoms with van der Waals surface area (Å²) in [6.45, 7) is 3.30. The van der Waals surface area contributed by atoms with E-state index in [1.165, 1.54) is 44.8 Å². The summed E-state index contributed by atoms with van der Waals surface area (Å²) >= 11 is 0. The van der Waals surface area contributed by atoms with Crippen LogP contribution in [0.1, 0.15) is 63.9 Å². The minimum Gasteiger partial charge on any atom is -1.00 e. The van der Waals surface area contributed by atoms with Crippen LogP contribution in [0, 0.1) is 0 Å². The molecular formula is C23H34BrN3O3S. The van der Waals surface area contributed by atoms with E-state index < -0.39 is 15.6 Å². The Bertz CT molecular complexity index is 937. The van der Waals surface area contributed by atoms with Crippen LogP contribution >= 0.6 is 0 Å². The van der Waals surface area contributed by atoms with Gasteiger partial charge in [-0.3, -0.25) is 0 Å². The molecule has 0 saturated heterocycles. The number of nitrogens with zero attached hydrogens (tertiary/aromatic N) is 3. The quantitative estimate of drug-likeness (QED) is 0.353. The minimum atomic E-state index is -3.27. The van der Waals surface area contributed by atoms with Gasteiger partial charge in [-0.15, -0.1) is 0 Å². The van der Waals surface area contributed by atoms with Crippen LogP contribution in [0.5, 0.6) is 0 Å². The molecule has 8 heteroatoms. The summed E-state index contributed by atoms with van der Waals surface area (Å²) in [5, 5.41) is 11.7. The number of sulfone groups is 1. The third-order valence-electron chi connectivity index (χ3n) is 5.86. The van der Waals surface area contributed by atoms with Crippen LogP contribution in [0.3, 0.4) is 0 Å². The van der Waals surface area contributed by atoms with Gasteiger partial charge in [-0.05, 0) is 18.6 Å². The Kier molecular flexibility index (Phi) is 9.45. The Labute approximate surface area is 197 Å². The SMILES string of the molecule is CCCCCCCCCCN1c2nccc[n+]2CC1(O)c1ccc(S(C)(=O)=O)cc1.[Br-]. The number of aliphatic hydroxyl groups is 1. The van der Waals surface area contributed by atoms with Gasteiger partial charge < -0.3 is 22.1 Å². The molecule has 1 aliphatic heterocycles. The van der Waals surface area contributed by atoms with E-state index in [1.54, 1.807) is 30.5 Å². The van der Waals surface area contributed by atoms with Crippen molar-refractivity contribution in [1.29, 1.82) is 0 Å². The number of rotatable bonds is 11. The van der Waals surface area contributed by atoms with E-state index in [-0.39, 0.29) is 21.9 Å². The number of benzene rings is 1. The van der Waals surface area contributed by atoms with Crippen molar-refractivity contribution in [3.63, 3.8) is 0 Å². The van der Waals surface area contributed by atoms with Gasteiger partial charge in [-0.2, -0.15) is 0 Å². The largest absolute Gasteiger partial charge is 1.00 e. The maximum atomic E-state index is 11.8. The van der Waals surface area contributed by atoms with Gasteiger partial charge >= 0.3 is 5.95 Å². The Hall–Kier alpha value is -1.51. The van der Waals surface area contributed by atoms with Crippen LogP contribution in [0.25, 0.3) is 0 Å². The summed E-state index contributed by atoms with van der Waals surface area (Å²) in [4.78, 5) is 6.71. The topological polar surface area (TPSA) is 74.4 Å². The molecule has 0 spiro atoms. The van der Waals surface area contributed by atoms with E-state index >= 15 is 0 Å². The zero-order chi connectivity index (χ0) is 21.6. The fourth-order valence-electron chi connectivity index (χ4n) is 4.13. The lowest BCUT2D eigenvalue weighted by atomic mass is 10.0. The first-order chi connectivity index (χ1) is 14.4. The lowest BCUT2D eigenvalue weighted by molar-refractivity contribution is -0.685. The summed E-state index contributed by atoms with van der Waals surface area (Å²) in [5.41, 5.74) is -0.557. The number of anilines is 1. The molecule has 2 heterocycles. The lowest BCUT2D eigenvalue weighted by Gasteiger charge is -2.28. The summed E-state index contributed by atoms with van der Waals surface area (Å²) < 4.78 is 25.5. The molecule has 0 radical (unpaired) electrons. The van der Waals surface area contributed by atoms with Gasteiger partial charge in [-0.1, -0.05) is 69.0 Å². The molecule has 1 aromatic carbocycles. The van der Waals surface area contributed by atoms with Crippen molar-refractivity contribution in [2.75, 3.05) is 17.7 Å². The van der Waals surface area contributed by atoms with Crippen molar-refractivity contribution in [3.05, 3.63) is 48.3 Å². The molecule has 0 saturated carbocycles. The van der Waals surface area contributed by atoms with Crippen LogP contribution in [0.4, 0.5) is 5.95 Å². The van der Waals surface area contributed by atoms with Crippen LogP contribution in [0.15, 0.2) is 47.6 Å². The Balaban J connectivity index is 0.00000341. The monoisotopic (exact) mass is 511 g/mol. The van der Waals surface area contributed by atoms with Gasteiger partial charge in [0.05, 0.1) is 17.6 Å². The van der Waals surface area contributed by atoms with Crippen LogP contribution in [0.2, 0.25) is 0 Å². The number of halogens is 1. The van der Waals surface area contributed by atoms with Crippen LogP contribution in [-0.2, 0) is 22.1 Å². The fourth-order valence-corrected chi connectivity index (χ4v) is 4.76. The summed E-state index contributed by atoms with van der Waals surface area (Å²) in [6, 6.07) is 8.42. The van der Waals surface area contributed by atoms with Gasteiger partial charge in [0.15, 0.2) is 9.84 Å². The second kappa shape index (κ2) is 11.4. The zero-order valence-corrected chi connectivity index (χ0v) is 20.9. The first-order valence-electron chi connectivity index (χ1n) is 11.0. The van der Waals surface area contributed by atoms with Gasteiger partial charge in [-0.25, -0.2) is 17.9 Å². The normalized spacial score (nSPS) is 18.0. The molecule has 0 aliphatic carbocycles. The van der Waals surface area contributed by atoms with Crippen molar-refractivity contribution >= 4 is 15.8 Å². The Morgan fingerprint density at radius 2 is 1.68 bits per heavy atom. The molecule has 172 valence electrons. The molecule has 0 bridgehead atoms. The van der Waals surface area contributed by atoms with Gasteiger partial charge in [0.2, 0.25) is 5.72 Å². The predicted octanol–water partition coefficient (Wildman–Crippen LogP) is 0.583. The van der Waals surface area contributed by atoms with Crippen molar-refractivity contribution in [1.82, 2.24) is 4.98 Å². The first-order valence-corrected chi connectivity index (χ1v) is 12.9. The Morgan fingerprint density at radius 1 is 1.06 bits per heavy atom. The summed E-state index contributed by atoms with van der Waals surface area (Å²) in [6.07, 6.45) is 14.6. The fraction of sp³-hybridized carbons (Fsp3) is 0.565. The molecule has 1 atom stereocenters. The predicted molar refractivity (Wildman–Crippen MR) is 118 cm³/mol. The standard InChI is InChI=1S/C23H34N3O3S.BrH/c1-3-4-5-6-7-8-9-10-18-26-22-24-16-11-17-25(22)19-23(26,27)20-12-14-21(15-13-20)30(2,28)29;/h11-17,27H,3-10,18-19H2,1-2H3;1H/q+1;/p-1. The third kappa shape index (κ3) is 6.26. The van der Waals surface area contributed by atoms with E-state index in [9.17, 15) is 13.5 Å². The Morgan fingerprint density at radius 3 is 2.29 bits per heavy atom. The molecule has 6 nitrogen and oxygen atoms in total. The van der Waals surface area contributed by atoms with Crippen molar-refractivity contribution in [3.8, 4) is 0 Å². The maximum absolute atomic E-state index is 11.8. The molecule has 1 unspecified atom stereocenters. The molecule has 1 aliphatic rings. The van der Waals surface area contributed by atoms with Crippen molar-refractivity contribution in [2.24, 2.45) is 0 Å². The second-order valence-electron chi connectivity index (χ2n) is 8.29. The van der Waals surface area contributed by atoms with Crippen LogP contribution in [-0.4, -0.2) is 31.3 Å². The van der Waals surface area contributed by atoms with Crippen molar-refractivity contribution < 1.29 is 35.1 Å². The average molecular weight is 513 g/mol. The smallest absolute Gasteiger partial charge is 0.396 e. The number of hydrogen-bond acceptors (Lipinski definition) is 5. The summed E-state index contributed by atoms with van der Waals surface area (Å²) in [5.74, 6) is 0.745. The van der Waals surface area contributed by atoms with Gasteiger partial charge in [0.25, 0.3) is 0 Å². The molecule has 2 aromatic rings. The third-order valence-corrected chi connectivity index (χ3v) is 6.99. The number of unbranched alkanes of at least 4 members (excludes halogenated alkanes) is 7. The highest BCUT2D eigenvalue weighted by molar-refractivity contribution is 7.90. The zero-order valence-electron chi connectivity index (χ0n) is 18.5. The average Bonchev–Trinajstić information content (AvgIpc) is 3.02. The van der Waals surface area contributed by atoms with E-state index in [0.29, 0.717) is 18.7 Å². The number of hydrogen-bond donors (Lipinski definition) is 1. The minimum absolute atomic E-state index is 0. The lowest BCUT2D eigenvalue weighted by Crippen LogP contribution is -3.00. The molecule has 1 aromatic heterocycles. The second-order valence-corrected chi connectivity index (χ2v) is 10.3. The van der Waals surface area contributed by atoms with Crippen LogP contribution < -0.4 is 26.4 Å². The molecule has 3 rings (SSSR count). The van der Waals surface area contributed by atoms with Gasteiger partial charge in [0.1, 0.15) is 12.7 Å². The highest BCUT2D eigenvalue weighted by Gasteiger charge is 2.51. The highest BCUT2D eigenvalue weighted by Crippen LogP contribution is 2.34. The van der Waals surface area contributed by atoms with E-state index in [4.69, 9.17) is 0 Å². The molecule has 1 N–H and O–H groups in total. The number of aromatic nitrogens is 2. The van der Waals surface area contributed by atoms with E-state index in [1.807, 2.05) is 21.7 Å². The first kappa shape index (κ1) is 25.7. The molecule has 0 fully saturated rings. The highest BCUT2D eigenvalue weighted by atomic mass is 79.9. The van der Waals surface area contributed by atoms with Crippen molar-refractivity contribution in [2.45, 2.75) is 75.5 Å². The van der Waals surface area contributed by atoms with Gasteiger partial charge in [0, 0.05) is 17.9 Å². The molecular weight excluding hydrogens is 478 g/mol. The molecule has 0 amide bonds. The molecule has 31 heavy (non-hydrogen) atoms.